The van der Waals surface area contributed by atoms with E-state index >= 15 is 0 Å². The van der Waals surface area contributed by atoms with Gasteiger partial charge in [-0.05, 0) is 35.7 Å². The molecule has 1 atom stereocenters. The van der Waals surface area contributed by atoms with Crippen LogP contribution in [0, 0.1) is 0 Å². The van der Waals surface area contributed by atoms with Gasteiger partial charge in [-0.15, -0.1) is 0 Å². The van der Waals surface area contributed by atoms with E-state index in [4.69, 9.17) is 4.42 Å². The summed E-state index contributed by atoms with van der Waals surface area (Å²) in [6, 6.07) is 10.1. The zero-order valence-corrected chi connectivity index (χ0v) is 15.0. The van der Waals surface area contributed by atoms with Crippen LogP contribution in [0.15, 0.2) is 52.0 Å². The van der Waals surface area contributed by atoms with Crippen molar-refractivity contribution in [1.29, 1.82) is 0 Å². The van der Waals surface area contributed by atoms with E-state index < -0.39 is 15.1 Å². The van der Waals surface area contributed by atoms with E-state index in [0.717, 1.165) is 5.56 Å². The Labute approximate surface area is 143 Å². The Morgan fingerprint density at radius 2 is 1.83 bits per heavy atom. The predicted molar refractivity (Wildman–Crippen MR) is 92.5 cm³/mol. The van der Waals surface area contributed by atoms with Gasteiger partial charge in [-0.3, -0.25) is 4.79 Å². The van der Waals surface area contributed by atoms with Crippen molar-refractivity contribution >= 4 is 15.7 Å². The van der Waals surface area contributed by atoms with Crippen LogP contribution in [0.2, 0.25) is 0 Å². The number of amides is 1. The maximum Gasteiger partial charge on any atom is 0.219 e. The molecule has 2 rings (SSSR count). The maximum absolute atomic E-state index is 13.0. The van der Waals surface area contributed by atoms with E-state index in [1.165, 1.54) is 6.26 Å². The predicted octanol–water partition coefficient (Wildman–Crippen LogP) is 3.44. The molecule has 5 nitrogen and oxygen atoms in total. The Morgan fingerprint density at radius 3 is 2.33 bits per heavy atom. The summed E-state index contributed by atoms with van der Waals surface area (Å²) < 4.78 is 31.3. The third kappa shape index (κ3) is 4.06. The molecule has 1 heterocycles. The third-order valence-corrected chi connectivity index (χ3v) is 5.99. The molecule has 0 aliphatic carbocycles. The summed E-state index contributed by atoms with van der Waals surface area (Å²) in [7, 11) is -3.68. The van der Waals surface area contributed by atoms with Crippen molar-refractivity contribution < 1.29 is 17.6 Å². The van der Waals surface area contributed by atoms with Gasteiger partial charge in [0.25, 0.3) is 0 Å². The molecule has 2 aromatic rings. The van der Waals surface area contributed by atoms with Crippen LogP contribution in [0.5, 0.6) is 0 Å². The average molecular weight is 349 g/mol. The lowest BCUT2D eigenvalue weighted by Crippen LogP contribution is -2.31. The Bertz CT molecular complexity index is 762. The molecule has 0 saturated heterocycles. The lowest BCUT2D eigenvalue weighted by atomic mass is 10.0. The van der Waals surface area contributed by atoms with E-state index in [-0.39, 0.29) is 17.3 Å². The molecule has 0 bridgehead atoms. The Hall–Kier alpha value is -2.08. The number of hydrogen-bond donors (Lipinski definition) is 1. The zero-order valence-electron chi connectivity index (χ0n) is 14.2. The fourth-order valence-electron chi connectivity index (χ4n) is 2.38. The molecular formula is C18H23NO4S. The second-order valence-electron chi connectivity index (χ2n) is 5.93. The highest BCUT2D eigenvalue weighted by Crippen LogP contribution is 2.29. The Balaban J connectivity index is 2.34. The van der Waals surface area contributed by atoms with Gasteiger partial charge in [-0.1, -0.05) is 32.9 Å². The molecule has 0 unspecified atom stereocenters. The van der Waals surface area contributed by atoms with Crippen LogP contribution in [0.4, 0.5) is 0 Å². The molecule has 0 saturated carbocycles. The summed E-state index contributed by atoms with van der Waals surface area (Å²) in [6.45, 7) is 5.80. The molecule has 1 aromatic carbocycles. The molecule has 1 N–H and O–H groups in total. The first-order valence-electron chi connectivity index (χ1n) is 8.00. The minimum Gasteiger partial charge on any atom is -0.468 e. The van der Waals surface area contributed by atoms with Crippen LogP contribution in [0.3, 0.4) is 0 Å². The molecule has 6 heteroatoms. The summed E-state index contributed by atoms with van der Waals surface area (Å²) >= 11 is 0. The number of rotatable bonds is 7. The number of nitrogens with one attached hydrogen (secondary N) is 1. The summed E-state index contributed by atoms with van der Waals surface area (Å²) in [5.74, 6) is 0.447. The van der Waals surface area contributed by atoms with Crippen LogP contribution in [0.25, 0.3) is 0 Å². The first kappa shape index (κ1) is 18.3. The van der Waals surface area contributed by atoms with Gasteiger partial charge >= 0.3 is 0 Å². The monoisotopic (exact) mass is 349 g/mol. The quantitative estimate of drug-likeness (QED) is 0.831. The first-order valence-corrected chi connectivity index (χ1v) is 9.54. The number of carbonyl (C=O) groups excluding carboxylic acids is 1. The van der Waals surface area contributed by atoms with Crippen LogP contribution in [-0.2, 0) is 14.6 Å². The van der Waals surface area contributed by atoms with Gasteiger partial charge in [0.1, 0.15) is 11.0 Å². The average Bonchev–Trinajstić information content (AvgIpc) is 3.08. The normalized spacial score (nSPS) is 13.0. The molecule has 0 aliphatic rings. The molecule has 130 valence electrons. The van der Waals surface area contributed by atoms with Crippen molar-refractivity contribution in [3.8, 4) is 0 Å². The standard InChI is InChI=1S/C18H23NO4S/c1-4-18(20)19-12-17(16-6-5-11-23-16)24(21,22)15-9-7-14(8-10-15)13(2)3/h5-11,13,17H,4,12H2,1-3H3,(H,19,20)/t17-/m0/s1. The Morgan fingerprint density at radius 1 is 1.17 bits per heavy atom. The van der Waals surface area contributed by atoms with Crippen LogP contribution >= 0.6 is 0 Å². The fraction of sp³-hybridized carbons (Fsp3) is 0.389. The van der Waals surface area contributed by atoms with Crippen molar-refractivity contribution in [2.24, 2.45) is 0 Å². The van der Waals surface area contributed by atoms with Gasteiger partial charge in [0.2, 0.25) is 5.91 Å². The number of hydrogen-bond acceptors (Lipinski definition) is 4. The van der Waals surface area contributed by atoms with Crippen LogP contribution in [-0.4, -0.2) is 20.9 Å². The Kier molecular flexibility index (Phi) is 5.83. The van der Waals surface area contributed by atoms with Crippen molar-refractivity contribution in [3.05, 3.63) is 54.0 Å². The van der Waals surface area contributed by atoms with E-state index in [0.29, 0.717) is 18.1 Å². The van der Waals surface area contributed by atoms with Gasteiger partial charge in [0.05, 0.1) is 11.2 Å². The third-order valence-electron chi connectivity index (χ3n) is 3.92. The van der Waals surface area contributed by atoms with E-state index in [2.05, 4.69) is 19.2 Å². The number of benzene rings is 1. The highest BCUT2D eigenvalue weighted by atomic mass is 32.2. The first-order chi connectivity index (χ1) is 11.4. The topological polar surface area (TPSA) is 76.4 Å². The maximum atomic E-state index is 13.0. The molecule has 1 amide bonds. The van der Waals surface area contributed by atoms with Gasteiger partial charge in [0.15, 0.2) is 9.84 Å². The SMILES string of the molecule is CCC(=O)NC[C@@H](c1ccco1)S(=O)(=O)c1ccc(C(C)C)cc1. The van der Waals surface area contributed by atoms with Crippen molar-refractivity contribution in [2.75, 3.05) is 6.54 Å². The minimum atomic E-state index is -3.68. The van der Waals surface area contributed by atoms with Gasteiger partial charge in [0, 0.05) is 13.0 Å². The number of carbonyl (C=O) groups is 1. The number of sulfone groups is 1. The minimum absolute atomic E-state index is 0.0194. The molecule has 1 aromatic heterocycles. The highest BCUT2D eigenvalue weighted by Gasteiger charge is 2.31. The summed E-state index contributed by atoms with van der Waals surface area (Å²) in [4.78, 5) is 11.8. The van der Waals surface area contributed by atoms with Crippen molar-refractivity contribution in [2.45, 2.75) is 43.3 Å². The smallest absolute Gasteiger partial charge is 0.219 e. The number of furan rings is 1. The highest BCUT2D eigenvalue weighted by molar-refractivity contribution is 7.91. The summed E-state index contributed by atoms with van der Waals surface area (Å²) in [5, 5.41) is 1.70. The summed E-state index contributed by atoms with van der Waals surface area (Å²) in [5.41, 5.74) is 1.07. The van der Waals surface area contributed by atoms with E-state index in [1.54, 1.807) is 31.2 Å². The molecule has 0 spiro atoms. The molecular weight excluding hydrogens is 326 g/mol. The van der Waals surface area contributed by atoms with Crippen LogP contribution < -0.4 is 5.32 Å². The fourth-order valence-corrected chi connectivity index (χ4v) is 3.96. The lowest BCUT2D eigenvalue weighted by Gasteiger charge is -2.17. The van der Waals surface area contributed by atoms with E-state index in [9.17, 15) is 13.2 Å². The van der Waals surface area contributed by atoms with Gasteiger partial charge in [-0.2, -0.15) is 0 Å². The molecule has 0 radical (unpaired) electrons. The lowest BCUT2D eigenvalue weighted by molar-refractivity contribution is -0.120. The van der Waals surface area contributed by atoms with Crippen LogP contribution in [0.1, 0.15) is 49.7 Å². The largest absolute Gasteiger partial charge is 0.468 e. The van der Waals surface area contributed by atoms with Gasteiger partial charge < -0.3 is 9.73 Å². The zero-order chi connectivity index (χ0) is 17.7. The molecule has 0 aliphatic heterocycles. The summed E-state index contributed by atoms with van der Waals surface area (Å²) in [6.07, 6.45) is 1.73. The van der Waals surface area contributed by atoms with Crippen molar-refractivity contribution in [1.82, 2.24) is 5.32 Å². The second-order valence-corrected chi connectivity index (χ2v) is 8.06. The van der Waals surface area contributed by atoms with E-state index in [1.807, 2.05) is 12.1 Å². The molecule has 24 heavy (non-hydrogen) atoms. The van der Waals surface area contributed by atoms with Gasteiger partial charge in [-0.25, -0.2) is 8.42 Å². The molecule has 0 fully saturated rings. The van der Waals surface area contributed by atoms with Crippen molar-refractivity contribution in [3.63, 3.8) is 0 Å². The second kappa shape index (κ2) is 7.66.